The largest absolute Gasteiger partial charge is 0.380 e. The predicted octanol–water partition coefficient (Wildman–Crippen LogP) is 1.82. The standard InChI is InChI=1S/C11H17ClN2O3S/c1-7(8(2)17-3)14-11-6-9(18(13,15)16)4-5-10(11)12/h4-8,14H,1-3H3,(H2,13,15,16). The van der Waals surface area contributed by atoms with Crippen LogP contribution in [0.25, 0.3) is 0 Å². The number of primary sulfonamides is 1. The smallest absolute Gasteiger partial charge is 0.238 e. The lowest BCUT2D eigenvalue weighted by Crippen LogP contribution is -2.29. The fourth-order valence-electron chi connectivity index (χ4n) is 1.36. The van der Waals surface area contributed by atoms with E-state index in [9.17, 15) is 8.42 Å². The van der Waals surface area contributed by atoms with Gasteiger partial charge >= 0.3 is 0 Å². The van der Waals surface area contributed by atoms with E-state index < -0.39 is 10.0 Å². The van der Waals surface area contributed by atoms with Gasteiger partial charge in [0, 0.05) is 13.2 Å². The summed E-state index contributed by atoms with van der Waals surface area (Å²) in [5.74, 6) is 0. The first-order chi connectivity index (χ1) is 8.25. The van der Waals surface area contributed by atoms with Gasteiger partial charge < -0.3 is 10.1 Å². The van der Waals surface area contributed by atoms with E-state index >= 15 is 0 Å². The fourth-order valence-corrected chi connectivity index (χ4v) is 2.07. The monoisotopic (exact) mass is 292 g/mol. The quantitative estimate of drug-likeness (QED) is 0.867. The van der Waals surface area contributed by atoms with Gasteiger partial charge in [0.15, 0.2) is 0 Å². The molecule has 2 unspecified atom stereocenters. The third kappa shape index (κ3) is 3.84. The number of halogens is 1. The van der Waals surface area contributed by atoms with E-state index in [1.54, 1.807) is 7.11 Å². The van der Waals surface area contributed by atoms with Crippen LogP contribution in [-0.4, -0.2) is 27.7 Å². The first-order valence-electron chi connectivity index (χ1n) is 5.37. The van der Waals surface area contributed by atoms with Gasteiger partial charge in [-0.25, -0.2) is 13.6 Å². The zero-order valence-corrected chi connectivity index (χ0v) is 12.0. The fraction of sp³-hybridized carbons (Fsp3) is 0.455. The SMILES string of the molecule is COC(C)C(C)Nc1cc(S(N)(=O)=O)ccc1Cl. The Morgan fingerprint density at radius 2 is 2.00 bits per heavy atom. The molecule has 0 aromatic heterocycles. The molecule has 0 aliphatic rings. The number of sulfonamides is 1. The molecule has 1 aromatic rings. The van der Waals surface area contributed by atoms with E-state index in [1.807, 2.05) is 13.8 Å². The van der Waals surface area contributed by atoms with E-state index in [0.717, 1.165) is 0 Å². The average Bonchev–Trinajstić information content (AvgIpc) is 2.29. The van der Waals surface area contributed by atoms with Crippen molar-refractivity contribution in [3.63, 3.8) is 0 Å². The van der Waals surface area contributed by atoms with E-state index in [4.69, 9.17) is 21.5 Å². The number of rotatable bonds is 5. The number of anilines is 1. The first kappa shape index (κ1) is 15.2. The highest BCUT2D eigenvalue weighted by Gasteiger charge is 2.15. The van der Waals surface area contributed by atoms with Gasteiger partial charge in [-0.05, 0) is 32.0 Å². The number of ether oxygens (including phenoxy) is 1. The Kier molecular flexibility index (Phi) is 4.98. The van der Waals surface area contributed by atoms with Gasteiger partial charge in [0.2, 0.25) is 10.0 Å². The number of methoxy groups -OCH3 is 1. The van der Waals surface area contributed by atoms with Gasteiger partial charge in [0.05, 0.1) is 21.7 Å². The third-order valence-corrected chi connectivity index (χ3v) is 3.97. The normalized spacial score (nSPS) is 15.2. The number of hydrogen-bond acceptors (Lipinski definition) is 4. The summed E-state index contributed by atoms with van der Waals surface area (Å²) in [6.45, 7) is 3.81. The van der Waals surface area contributed by atoms with Gasteiger partial charge in [-0.1, -0.05) is 11.6 Å². The minimum absolute atomic E-state index is 0.0201. The van der Waals surface area contributed by atoms with Crippen LogP contribution >= 0.6 is 11.6 Å². The van der Waals surface area contributed by atoms with Gasteiger partial charge in [-0.2, -0.15) is 0 Å². The molecular formula is C11H17ClN2O3S. The van der Waals surface area contributed by atoms with E-state index in [2.05, 4.69) is 5.32 Å². The second kappa shape index (κ2) is 5.88. The Morgan fingerprint density at radius 3 is 2.50 bits per heavy atom. The van der Waals surface area contributed by atoms with Crippen LogP contribution in [0.15, 0.2) is 23.1 Å². The molecule has 0 amide bonds. The maximum atomic E-state index is 11.3. The molecule has 0 bridgehead atoms. The Balaban J connectivity index is 3.02. The first-order valence-corrected chi connectivity index (χ1v) is 7.30. The molecule has 1 rings (SSSR count). The molecule has 0 spiro atoms. The molecule has 2 atom stereocenters. The van der Waals surface area contributed by atoms with Crippen LogP contribution in [0.3, 0.4) is 0 Å². The van der Waals surface area contributed by atoms with E-state index in [1.165, 1.54) is 18.2 Å². The molecule has 7 heteroatoms. The van der Waals surface area contributed by atoms with Crippen LogP contribution in [-0.2, 0) is 14.8 Å². The summed E-state index contributed by atoms with van der Waals surface area (Å²) in [4.78, 5) is 0.0201. The second-order valence-electron chi connectivity index (χ2n) is 4.06. The number of benzene rings is 1. The molecule has 3 N–H and O–H groups in total. The summed E-state index contributed by atoms with van der Waals surface area (Å²) >= 11 is 6.00. The summed E-state index contributed by atoms with van der Waals surface area (Å²) in [6.07, 6.45) is -0.0424. The maximum absolute atomic E-state index is 11.3. The number of nitrogens with two attached hydrogens (primary N) is 1. The van der Waals surface area contributed by atoms with Gasteiger partial charge in [0.25, 0.3) is 0 Å². The Bertz CT molecular complexity index is 519. The Labute approximate surface area is 112 Å². The molecule has 0 heterocycles. The molecule has 5 nitrogen and oxygen atoms in total. The van der Waals surface area contributed by atoms with Crippen LogP contribution in [0.1, 0.15) is 13.8 Å². The van der Waals surface area contributed by atoms with Crippen molar-refractivity contribution in [1.29, 1.82) is 0 Å². The summed E-state index contributed by atoms with van der Waals surface area (Å²) in [5, 5.41) is 8.59. The molecule has 0 radical (unpaired) electrons. The molecule has 0 fully saturated rings. The van der Waals surface area contributed by atoms with Gasteiger partial charge in [0.1, 0.15) is 0 Å². The van der Waals surface area contributed by atoms with E-state index in [-0.39, 0.29) is 17.0 Å². The summed E-state index contributed by atoms with van der Waals surface area (Å²) in [5.41, 5.74) is 0.514. The Morgan fingerprint density at radius 1 is 1.39 bits per heavy atom. The predicted molar refractivity (Wildman–Crippen MR) is 72.4 cm³/mol. The van der Waals surface area contributed by atoms with Gasteiger partial charge in [-0.15, -0.1) is 0 Å². The number of nitrogens with one attached hydrogen (secondary N) is 1. The highest BCUT2D eigenvalue weighted by atomic mass is 35.5. The van der Waals surface area contributed by atoms with Crippen LogP contribution in [0, 0.1) is 0 Å². The van der Waals surface area contributed by atoms with Crippen molar-refractivity contribution in [1.82, 2.24) is 0 Å². The minimum atomic E-state index is -3.73. The van der Waals surface area contributed by atoms with Gasteiger partial charge in [-0.3, -0.25) is 0 Å². The lowest BCUT2D eigenvalue weighted by molar-refractivity contribution is 0.106. The zero-order valence-electron chi connectivity index (χ0n) is 10.5. The van der Waals surface area contributed by atoms with Crippen molar-refractivity contribution >= 4 is 27.3 Å². The molecule has 1 aromatic carbocycles. The molecule has 18 heavy (non-hydrogen) atoms. The average molecular weight is 293 g/mol. The van der Waals surface area contributed by atoms with Crippen molar-refractivity contribution in [3.05, 3.63) is 23.2 Å². The molecular weight excluding hydrogens is 276 g/mol. The highest BCUT2D eigenvalue weighted by molar-refractivity contribution is 7.89. The second-order valence-corrected chi connectivity index (χ2v) is 6.03. The number of hydrogen-bond donors (Lipinski definition) is 2. The molecule has 102 valence electrons. The van der Waals surface area contributed by atoms with Crippen LogP contribution < -0.4 is 10.5 Å². The lowest BCUT2D eigenvalue weighted by atomic mass is 10.2. The maximum Gasteiger partial charge on any atom is 0.238 e. The molecule has 0 saturated carbocycles. The summed E-state index contributed by atoms with van der Waals surface area (Å²) in [6, 6.07) is 4.25. The third-order valence-electron chi connectivity index (χ3n) is 2.73. The van der Waals surface area contributed by atoms with Crippen molar-refractivity contribution in [2.75, 3.05) is 12.4 Å². The minimum Gasteiger partial charge on any atom is -0.380 e. The van der Waals surface area contributed by atoms with Crippen LogP contribution in [0.5, 0.6) is 0 Å². The van der Waals surface area contributed by atoms with Crippen molar-refractivity contribution < 1.29 is 13.2 Å². The zero-order chi connectivity index (χ0) is 13.9. The summed E-state index contributed by atoms with van der Waals surface area (Å²) < 4.78 is 27.7. The van der Waals surface area contributed by atoms with Crippen molar-refractivity contribution in [2.45, 2.75) is 30.9 Å². The highest BCUT2D eigenvalue weighted by Crippen LogP contribution is 2.25. The summed E-state index contributed by atoms with van der Waals surface area (Å²) in [7, 11) is -2.13. The van der Waals surface area contributed by atoms with Crippen LogP contribution in [0.4, 0.5) is 5.69 Å². The lowest BCUT2D eigenvalue weighted by Gasteiger charge is -2.22. The molecule has 0 aliphatic carbocycles. The van der Waals surface area contributed by atoms with Crippen molar-refractivity contribution in [3.8, 4) is 0 Å². The Hall–Kier alpha value is -0.820. The van der Waals surface area contributed by atoms with Crippen LogP contribution in [0.2, 0.25) is 5.02 Å². The molecule has 0 aliphatic heterocycles. The molecule has 0 saturated heterocycles. The van der Waals surface area contributed by atoms with Crippen molar-refractivity contribution in [2.24, 2.45) is 5.14 Å². The topological polar surface area (TPSA) is 81.4 Å². The van der Waals surface area contributed by atoms with E-state index in [0.29, 0.717) is 10.7 Å².